The first-order chi connectivity index (χ1) is 13.7. The highest BCUT2D eigenvalue weighted by atomic mass is 16.5. The third kappa shape index (κ3) is 2.74. The summed E-state index contributed by atoms with van der Waals surface area (Å²) in [5.41, 5.74) is 3.36. The van der Waals surface area contributed by atoms with Crippen molar-refractivity contribution in [2.24, 2.45) is 0 Å². The Morgan fingerprint density at radius 1 is 1.00 bits per heavy atom. The Morgan fingerprint density at radius 3 is 2.61 bits per heavy atom. The highest BCUT2D eigenvalue weighted by Gasteiger charge is 2.30. The summed E-state index contributed by atoms with van der Waals surface area (Å²) in [6.45, 7) is 0. The molecule has 5 rings (SSSR count). The number of para-hydroxylation sites is 1. The van der Waals surface area contributed by atoms with Crippen LogP contribution in [0.1, 0.15) is 34.0 Å². The Labute approximate surface area is 161 Å². The van der Waals surface area contributed by atoms with Crippen LogP contribution in [-0.2, 0) is 6.42 Å². The van der Waals surface area contributed by atoms with Gasteiger partial charge in [0.2, 0.25) is 0 Å². The molecule has 0 amide bonds. The molecule has 2 aromatic carbocycles. The second kappa shape index (κ2) is 6.56. The van der Waals surface area contributed by atoms with Crippen molar-refractivity contribution >= 4 is 11.6 Å². The number of methoxy groups -OCH3 is 1. The van der Waals surface area contributed by atoms with Gasteiger partial charge in [-0.05, 0) is 18.1 Å². The smallest absolute Gasteiger partial charge is 0.252 e. The van der Waals surface area contributed by atoms with E-state index in [2.05, 4.69) is 15.1 Å². The fraction of sp³-hybridized carbons (Fsp3) is 0.182. The van der Waals surface area contributed by atoms with Gasteiger partial charge in [-0.2, -0.15) is 4.98 Å². The number of carbonyl (C=O) groups excluding carboxylic acids is 1. The molecule has 0 N–H and O–H groups in total. The summed E-state index contributed by atoms with van der Waals surface area (Å²) < 4.78 is 7.09. The number of hydrogen-bond donors (Lipinski definition) is 0. The van der Waals surface area contributed by atoms with Crippen LogP contribution in [0.4, 0.5) is 0 Å². The SMILES string of the molecule is COc1ccccc1C1CC(=O)c2cn3nc(-c4ccccc4)nc3nc2C1. The van der Waals surface area contributed by atoms with Crippen LogP contribution in [-0.4, -0.2) is 32.5 Å². The first kappa shape index (κ1) is 16.6. The molecule has 0 saturated heterocycles. The fourth-order valence-corrected chi connectivity index (χ4v) is 3.82. The van der Waals surface area contributed by atoms with E-state index in [0.717, 1.165) is 22.6 Å². The van der Waals surface area contributed by atoms with Crippen LogP contribution in [0.3, 0.4) is 0 Å². The largest absolute Gasteiger partial charge is 0.496 e. The van der Waals surface area contributed by atoms with E-state index in [-0.39, 0.29) is 11.7 Å². The van der Waals surface area contributed by atoms with Gasteiger partial charge in [0.25, 0.3) is 5.78 Å². The van der Waals surface area contributed by atoms with Crippen molar-refractivity contribution in [3.63, 3.8) is 0 Å². The van der Waals surface area contributed by atoms with Gasteiger partial charge in [-0.25, -0.2) is 9.50 Å². The van der Waals surface area contributed by atoms with Crippen molar-refractivity contribution < 1.29 is 9.53 Å². The molecule has 138 valence electrons. The molecule has 6 heteroatoms. The molecule has 0 bridgehead atoms. The van der Waals surface area contributed by atoms with Crippen LogP contribution in [0.5, 0.6) is 5.75 Å². The number of hydrogen-bond acceptors (Lipinski definition) is 5. The van der Waals surface area contributed by atoms with E-state index >= 15 is 0 Å². The fourth-order valence-electron chi connectivity index (χ4n) is 3.82. The number of aromatic nitrogens is 4. The summed E-state index contributed by atoms with van der Waals surface area (Å²) in [6, 6.07) is 17.6. The molecule has 1 aliphatic carbocycles. The zero-order chi connectivity index (χ0) is 19.1. The second-order valence-corrected chi connectivity index (χ2v) is 6.92. The zero-order valence-corrected chi connectivity index (χ0v) is 15.4. The van der Waals surface area contributed by atoms with Crippen LogP contribution in [0.2, 0.25) is 0 Å². The summed E-state index contributed by atoms with van der Waals surface area (Å²) in [7, 11) is 1.65. The highest BCUT2D eigenvalue weighted by molar-refractivity contribution is 5.98. The maximum absolute atomic E-state index is 12.8. The van der Waals surface area contributed by atoms with Crippen molar-refractivity contribution in [2.75, 3.05) is 7.11 Å². The van der Waals surface area contributed by atoms with E-state index in [1.54, 1.807) is 17.8 Å². The Morgan fingerprint density at radius 2 is 1.79 bits per heavy atom. The molecule has 1 atom stereocenters. The number of benzene rings is 2. The van der Waals surface area contributed by atoms with Gasteiger partial charge in [0.1, 0.15) is 5.75 Å². The molecule has 2 aromatic heterocycles. The average Bonchev–Trinajstić information content (AvgIpc) is 3.16. The Hall–Kier alpha value is -3.54. The third-order valence-electron chi connectivity index (χ3n) is 5.19. The molecule has 0 radical (unpaired) electrons. The van der Waals surface area contributed by atoms with Gasteiger partial charge in [0.15, 0.2) is 11.6 Å². The Balaban J connectivity index is 1.56. The van der Waals surface area contributed by atoms with Gasteiger partial charge in [0.05, 0.1) is 18.4 Å². The minimum atomic E-state index is 0.0441. The predicted molar refractivity (Wildman–Crippen MR) is 105 cm³/mol. The summed E-state index contributed by atoms with van der Waals surface area (Å²) in [5.74, 6) is 2.03. The van der Waals surface area contributed by atoms with Crippen LogP contribution >= 0.6 is 0 Å². The normalized spacial score (nSPS) is 16.2. The Kier molecular flexibility index (Phi) is 3.90. The highest BCUT2D eigenvalue weighted by Crippen LogP contribution is 2.36. The topological polar surface area (TPSA) is 69.4 Å². The number of nitrogens with zero attached hydrogens (tertiary/aromatic N) is 4. The van der Waals surface area contributed by atoms with Gasteiger partial charge in [-0.1, -0.05) is 48.5 Å². The molecule has 4 aromatic rings. The van der Waals surface area contributed by atoms with E-state index in [1.165, 1.54) is 0 Å². The lowest BCUT2D eigenvalue weighted by molar-refractivity contribution is 0.0962. The van der Waals surface area contributed by atoms with Crippen molar-refractivity contribution in [1.82, 2.24) is 19.6 Å². The van der Waals surface area contributed by atoms with Crippen LogP contribution in [0, 0.1) is 0 Å². The number of Topliss-reactive ketones (excluding diaryl/α,β-unsaturated/α-hetero) is 1. The summed E-state index contributed by atoms with van der Waals surface area (Å²) in [6.07, 6.45) is 2.87. The van der Waals surface area contributed by atoms with Crippen molar-refractivity contribution in [3.05, 3.63) is 77.6 Å². The van der Waals surface area contributed by atoms with Gasteiger partial charge >= 0.3 is 0 Å². The number of carbonyl (C=O) groups is 1. The van der Waals surface area contributed by atoms with Gasteiger partial charge in [0, 0.05) is 24.1 Å². The molecular formula is C22H18N4O2. The Bertz CT molecular complexity index is 1180. The van der Waals surface area contributed by atoms with Crippen LogP contribution in [0.25, 0.3) is 17.2 Å². The molecule has 0 aliphatic heterocycles. The zero-order valence-electron chi connectivity index (χ0n) is 15.4. The lowest BCUT2D eigenvalue weighted by atomic mass is 9.82. The summed E-state index contributed by atoms with van der Waals surface area (Å²) in [5, 5.41) is 4.50. The molecule has 1 aliphatic rings. The minimum Gasteiger partial charge on any atom is -0.496 e. The number of fused-ring (bicyclic) bond motifs is 2. The van der Waals surface area contributed by atoms with Crippen LogP contribution in [0.15, 0.2) is 60.8 Å². The molecular weight excluding hydrogens is 352 g/mol. The maximum atomic E-state index is 12.8. The van der Waals surface area contributed by atoms with E-state index in [4.69, 9.17) is 4.74 Å². The molecule has 1 unspecified atom stereocenters. The molecule has 0 fully saturated rings. The first-order valence-electron chi connectivity index (χ1n) is 9.21. The lowest BCUT2D eigenvalue weighted by Crippen LogP contribution is -2.21. The average molecular weight is 370 g/mol. The quantitative estimate of drug-likeness (QED) is 0.550. The summed E-state index contributed by atoms with van der Waals surface area (Å²) >= 11 is 0. The monoisotopic (exact) mass is 370 g/mol. The standard InChI is InChI=1S/C22H18N4O2/c1-28-20-10-6-5-9-16(20)15-11-18-17(19(27)12-15)13-26-22(23-18)24-21(25-26)14-7-3-2-4-8-14/h2-10,13,15H,11-12H2,1H3. The predicted octanol–water partition coefficient (Wildman–Crippen LogP) is 3.71. The van der Waals surface area contributed by atoms with Gasteiger partial charge in [-0.3, -0.25) is 4.79 Å². The first-order valence-corrected chi connectivity index (χ1v) is 9.21. The van der Waals surface area contributed by atoms with E-state index in [9.17, 15) is 4.79 Å². The number of ether oxygens (including phenoxy) is 1. The van der Waals surface area contributed by atoms with Crippen molar-refractivity contribution in [2.45, 2.75) is 18.8 Å². The molecule has 6 nitrogen and oxygen atoms in total. The second-order valence-electron chi connectivity index (χ2n) is 6.92. The summed E-state index contributed by atoms with van der Waals surface area (Å²) in [4.78, 5) is 22.1. The number of rotatable bonds is 3. The molecule has 0 spiro atoms. The van der Waals surface area contributed by atoms with Gasteiger partial charge in [-0.15, -0.1) is 5.10 Å². The van der Waals surface area contributed by atoms with E-state index < -0.39 is 0 Å². The molecule has 0 saturated carbocycles. The van der Waals surface area contributed by atoms with Gasteiger partial charge < -0.3 is 4.74 Å². The van der Waals surface area contributed by atoms with E-state index in [1.807, 2.05) is 54.6 Å². The minimum absolute atomic E-state index is 0.0441. The third-order valence-corrected chi connectivity index (χ3v) is 5.19. The molecule has 2 heterocycles. The number of ketones is 1. The van der Waals surface area contributed by atoms with E-state index in [0.29, 0.717) is 30.0 Å². The van der Waals surface area contributed by atoms with Crippen molar-refractivity contribution in [1.29, 1.82) is 0 Å². The van der Waals surface area contributed by atoms with Crippen LogP contribution < -0.4 is 4.74 Å². The van der Waals surface area contributed by atoms with Crippen molar-refractivity contribution in [3.8, 4) is 17.1 Å². The lowest BCUT2D eigenvalue weighted by Gasteiger charge is -2.24. The maximum Gasteiger partial charge on any atom is 0.252 e. The molecule has 28 heavy (non-hydrogen) atoms.